The summed E-state index contributed by atoms with van der Waals surface area (Å²) in [7, 11) is 0. The minimum absolute atomic E-state index is 0.0655. The second-order valence-corrected chi connectivity index (χ2v) is 8.40. The van der Waals surface area contributed by atoms with Crippen molar-refractivity contribution in [3.63, 3.8) is 0 Å². The van der Waals surface area contributed by atoms with Crippen molar-refractivity contribution >= 4 is 12.1 Å². The predicted molar refractivity (Wildman–Crippen MR) is 131 cm³/mol. The summed E-state index contributed by atoms with van der Waals surface area (Å²) in [5.74, 6) is -0.610. The van der Waals surface area contributed by atoms with Crippen LogP contribution in [0.3, 0.4) is 0 Å². The molecule has 7 nitrogen and oxygen atoms in total. The first kappa shape index (κ1) is 22.4. The van der Waals surface area contributed by atoms with E-state index in [0.717, 1.165) is 27.8 Å². The van der Waals surface area contributed by atoms with Crippen molar-refractivity contribution in [2.75, 3.05) is 6.61 Å². The molecule has 4 aromatic rings. The fourth-order valence-electron chi connectivity index (χ4n) is 4.42. The Kier molecular flexibility index (Phi) is 6.57. The van der Waals surface area contributed by atoms with Crippen LogP contribution < -0.4 is 5.32 Å². The quantitative estimate of drug-likeness (QED) is 0.370. The highest BCUT2D eigenvalue weighted by atomic mass is 16.6. The van der Waals surface area contributed by atoms with Crippen molar-refractivity contribution in [2.45, 2.75) is 25.0 Å². The minimum atomic E-state index is -0.921. The SMILES string of the molecule is O=C(N[C@@H](Cc1cnc[nH]1)C(=O)OCc1ccccc1)OCC1c2ccccc2-c2ccccc21. The Labute approximate surface area is 203 Å². The first-order valence-corrected chi connectivity index (χ1v) is 11.5. The number of nitrogens with one attached hydrogen (secondary N) is 2. The Bertz CT molecular complexity index is 1260. The number of hydrogen-bond donors (Lipinski definition) is 2. The van der Waals surface area contributed by atoms with E-state index in [0.29, 0.717) is 5.69 Å². The van der Waals surface area contributed by atoms with E-state index < -0.39 is 18.1 Å². The number of aromatic amines is 1. The van der Waals surface area contributed by atoms with Gasteiger partial charge in [0.15, 0.2) is 0 Å². The Balaban J connectivity index is 1.25. The highest BCUT2D eigenvalue weighted by Crippen LogP contribution is 2.44. The zero-order chi connectivity index (χ0) is 24.0. The smallest absolute Gasteiger partial charge is 0.407 e. The Morgan fingerprint density at radius 3 is 2.20 bits per heavy atom. The van der Waals surface area contributed by atoms with Crippen molar-refractivity contribution in [1.82, 2.24) is 15.3 Å². The zero-order valence-corrected chi connectivity index (χ0v) is 19.0. The van der Waals surface area contributed by atoms with Crippen LogP contribution >= 0.6 is 0 Å². The van der Waals surface area contributed by atoms with Gasteiger partial charge in [0.25, 0.3) is 0 Å². The number of ether oxygens (including phenoxy) is 2. The van der Waals surface area contributed by atoms with E-state index in [4.69, 9.17) is 9.47 Å². The Morgan fingerprint density at radius 2 is 1.54 bits per heavy atom. The fourth-order valence-corrected chi connectivity index (χ4v) is 4.42. The number of alkyl carbamates (subject to hydrolysis) is 1. The van der Waals surface area contributed by atoms with E-state index in [1.807, 2.05) is 54.6 Å². The van der Waals surface area contributed by atoms with Crippen molar-refractivity contribution < 1.29 is 19.1 Å². The number of carbonyl (C=O) groups is 2. The number of carbonyl (C=O) groups excluding carboxylic acids is 2. The molecule has 0 fully saturated rings. The number of H-pyrrole nitrogens is 1. The molecule has 5 rings (SSSR count). The van der Waals surface area contributed by atoms with Crippen molar-refractivity contribution in [3.8, 4) is 11.1 Å². The van der Waals surface area contributed by atoms with Gasteiger partial charge in [-0.2, -0.15) is 0 Å². The van der Waals surface area contributed by atoms with Gasteiger partial charge >= 0.3 is 12.1 Å². The van der Waals surface area contributed by atoms with Crippen LogP contribution in [0.4, 0.5) is 4.79 Å². The lowest BCUT2D eigenvalue weighted by Gasteiger charge is -2.19. The molecule has 0 unspecified atom stereocenters. The van der Waals surface area contributed by atoms with Crippen molar-refractivity contribution in [3.05, 3.63) is 114 Å². The molecule has 0 spiro atoms. The van der Waals surface area contributed by atoms with Gasteiger partial charge < -0.3 is 19.8 Å². The number of nitrogens with zero attached hydrogens (tertiary/aromatic N) is 1. The number of esters is 1. The summed E-state index contributed by atoms with van der Waals surface area (Å²) >= 11 is 0. The van der Waals surface area contributed by atoms with Crippen LogP contribution in [0.1, 0.15) is 28.3 Å². The highest BCUT2D eigenvalue weighted by molar-refractivity contribution is 5.82. The Morgan fingerprint density at radius 1 is 0.886 bits per heavy atom. The third kappa shape index (κ3) is 5.09. The maximum absolute atomic E-state index is 12.8. The third-order valence-corrected chi connectivity index (χ3v) is 6.12. The number of benzene rings is 3. The van der Waals surface area contributed by atoms with Crippen LogP contribution in [0, 0.1) is 0 Å². The third-order valence-electron chi connectivity index (χ3n) is 6.12. The van der Waals surface area contributed by atoms with Gasteiger partial charge in [0, 0.05) is 24.2 Å². The average molecular weight is 468 g/mol. The lowest BCUT2D eigenvalue weighted by molar-refractivity contribution is -0.147. The number of fused-ring (bicyclic) bond motifs is 3. The summed E-state index contributed by atoms with van der Waals surface area (Å²) in [4.78, 5) is 32.6. The second kappa shape index (κ2) is 10.3. The molecule has 7 heteroatoms. The first-order valence-electron chi connectivity index (χ1n) is 11.5. The standard InChI is InChI=1S/C28H25N3O4/c32-27(34-16-19-8-2-1-3-9-19)26(14-20-15-29-18-30-20)31-28(33)35-17-25-23-12-6-4-10-21(23)22-11-5-7-13-24(22)25/h1-13,15,18,25-26H,14,16-17H2,(H,29,30)(H,31,33)/t26-/m0/s1. The number of aromatic nitrogens is 2. The molecule has 0 saturated carbocycles. The normalized spacial score (nSPS) is 12.9. The van der Waals surface area contributed by atoms with Gasteiger partial charge in [-0.15, -0.1) is 0 Å². The number of amides is 1. The van der Waals surface area contributed by atoms with Gasteiger partial charge in [-0.25, -0.2) is 14.6 Å². The second-order valence-electron chi connectivity index (χ2n) is 8.40. The minimum Gasteiger partial charge on any atom is -0.459 e. The summed E-state index contributed by atoms with van der Waals surface area (Å²) < 4.78 is 11.1. The fraction of sp³-hybridized carbons (Fsp3) is 0.179. The topological polar surface area (TPSA) is 93.3 Å². The highest BCUT2D eigenvalue weighted by Gasteiger charge is 2.30. The maximum Gasteiger partial charge on any atom is 0.407 e. The van der Waals surface area contributed by atoms with E-state index >= 15 is 0 Å². The molecule has 1 aliphatic carbocycles. The summed E-state index contributed by atoms with van der Waals surface area (Å²) in [6.07, 6.45) is 2.66. The molecule has 0 aliphatic heterocycles. The number of rotatable bonds is 8. The van der Waals surface area contributed by atoms with Crippen molar-refractivity contribution in [2.24, 2.45) is 0 Å². The lowest BCUT2D eigenvalue weighted by atomic mass is 9.98. The van der Waals surface area contributed by atoms with Gasteiger partial charge in [-0.3, -0.25) is 0 Å². The predicted octanol–water partition coefficient (Wildman–Crippen LogP) is 4.60. The van der Waals surface area contributed by atoms with Crippen molar-refractivity contribution in [1.29, 1.82) is 0 Å². The van der Waals surface area contributed by atoms with Crippen LogP contribution in [0.5, 0.6) is 0 Å². The maximum atomic E-state index is 12.8. The molecule has 3 aromatic carbocycles. The summed E-state index contributed by atoms with van der Waals surface area (Å²) in [5, 5.41) is 2.68. The molecule has 1 amide bonds. The van der Waals surface area contributed by atoms with Crippen LogP contribution in [0.2, 0.25) is 0 Å². The molecule has 2 N–H and O–H groups in total. The van der Waals surface area contributed by atoms with Crippen LogP contribution in [-0.2, 0) is 27.3 Å². The summed E-state index contributed by atoms with van der Waals surface area (Å²) in [6.45, 7) is 0.279. The Hall–Kier alpha value is -4.39. The van der Waals surface area contributed by atoms with Gasteiger partial charge in [0.2, 0.25) is 0 Å². The molecule has 0 radical (unpaired) electrons. The number of hydrogen-bond acceptors (Lipinski definition) is 5. The van der Waals surface area contributed by atoms with Crippen LogP contribution in [0.25, 0.3) is 11.1 Å². The van der Waals surface area contributed by atoms with Gasteiger partial charge in [0.05, 0.1) is 6.33 Å². The largest absolute Gasteiger partial charge is 0.459 e. The average Bonchev–Trinajstić information content (AvgIpc) is 3.52. The van der Waals surface area contributed by atoms with E-state index in [1.54, 1.807) is 6.20 Å². The summed E-state index contributed by atoms with van der Waals surface area (Å²) in [5.41, 5.74) is 6.11. The number of imidazole rings is 1. The summed E-state index contributed by atoms with van der Waals surface area (Å²) in [6, 6.07) is 24.7. The van der Waals surface area contributed by atoms with Gasteiger partial charge in [-0.05, 0) is 27.8 Å². The molecular formula is C28H25N3O4. The molecule has 1 aromatic heterocycles. The van der Waals surface area contributed by atoms with E-state index in [1.165, 1.54) is 6.33 Å². The van der Waals surface area contributed by atoms with Gasteiger partial charge in [0.1, 0.15) is 19.3 Å². The van der Waals surface area contributed by atoms with E-state index in [9.17, 15) is 9.59 Å². The first-order chi connectivity index (χ1) is 17.2. The molecule has 1 heterocycles. The van der Waals surface area contributed by atoms with Gasteiger partial charge in [-0.1, -0.05) is 78.9 Å². The molecule has 176 valence electrons. The van der Waals surface area contributed by atoms with Crippen LogP contribution in [-0.4, -0.2) is 34.7 Å². The molecule has 0 saturated heterocycles. The van der Waals surface area contributed by atoms with E-state index in [-0.39, 0.29) is 25.6 Å². The molecule has 1 aliphatic rings. The lowest BCUT2D eigenvalue weighted by Crippen LogP contribution is -2.44. The monoisotopic (exact) mass is 467 g/mol. The molecule has 35 heavy (non-hydrogen) atoms. The van der Waals surface area contributed by atoms with Crippen LogP contribution in [0.15, 0.2) is 91.4 Å². The zero-order valence-electron chi connectivity index (χ0n) is 19.0. The molecule has 0 bridgehead atoms. The molecular weight excluding hydrogens is 442 g/mol. The van der Waals surface area contributed by atoms with E-state index in [2.05, 4.69) is 39.6 Å². The molecule has 1 atom stereocenters.